The van der Waals surface area contributed by atoms with Gasteiger partial charge in [0.15, 0.2) is 0 Å². The van der Waals surface area contributed by atoms with Crippen LogP contribution in [-0.2, 0) is 11.3 Å². The second-order valence-electron chi connectivity index (χ2n) is 11.3. The highest BCUT2D eigenvalue weighted by atomic mass is 16.5. The third-order valence-corrected chi connectivity index (χ3v) is 8.97. The second-order valence-corrected chi connectivity index (χ2v) is 11.3. The molecular formula is C28H39N3O2. The first-order valence-electron chi connectivity index (χ1n) is 12.7. The maximum Gasteiger partial charge on any atom is 0.253 e. The average Bonchev–Trinajstić information content (AvgIpc) is 3.43. The number of carbonyl (C=O) groups is 1. The zero-order valence-corrected chi connectivity index (χ0v) is 20.7. The summed E-state index contributed by atoms with van der Waals surface area (Å²) in [6.07, 6.45) is 3.76. The number of nitrogens with zero attached hydrogens (tertiary/aromatic N) is 2. The smallest absolute Gasteiger partial charge is 0.253 e. The van der Waals surface area contributed by atoms with Crippen LogP contribution in [0.3, 0.4) is 0 Å². The molecule has 2 aliphatic carbocycles. The Morgan fingerprint density at radius 2 is 1.85 bits per heavy atom. The number of hydrogen-bond donors (Lipinski definition) is 1. The van der Waals surface area contributed by atoms with Crippen LogP contribution in [0, 0.1) is 23.7 Å². The third kappa shape index (κ3) is 4.04. The van der Waals surface area contributed by atoms with Crippen molar-refractivity contribution < 1.29 is 9.53 Å². The van der Waals surface area contributed by atoms with Crippen molar-refractivity contribution in [1.29, 1.82) is 0 Å². The lowest BCUT2D eigenvalue weighted by Gasteiger charge is -2.43. The summed E-state index contributed by atoms with van der Waals surface area (Å²) in [5, 5.41) is 3.52. The molecule has 33 heavy (non-hydrogen) atoms. The minimum Gasteiger partial charge on any atom is -0.379 e. The van der Waals surface area contributed by atoms with Crippen LogP contribution in [0.2, 0.25) is 0 Å². The summed E-state index contributed by atoms with van der Waals surface area (Å²) in [4.78, 5) is 16.1. The number of ether oxygens (including phenoxy) is 1. The molecule has 5 heteroatoms. The summed E-state index contributed by atoms with van der Waals surface area (Å²) in [6.45, 7) is 14.6. The summed E-state index contributed by atoms with van der Waals surface area (Å²) in [6, 6.07) is 12.8. The standard InChI is InChI=1S/C28H39N3O2/c1-20-23(25(32)29-26-27(2,3)22-10-11-28(26,4)19-22)18-24(21-8-6-5-7-9-21)31(20)13-12-30-14-16-33-17-15-30/h5-9,18,22,26H,10-17,19H2,1-4H3,(H,29,32)/t22-,26?,28-/m0/s1. The Bertz CT molecular complexity index is 1000. The molecule has 3 atom stereocenters. The van der Waals surface area contributed by atoms with Gasteiger partial charge in [-0.1, -0.05) is 51.1 Å². The van der Waals surface area contributed by atoms with E-state index in [4.69, 9.17) is 4.74 Å². The van der Waals surface area contributed by atoms with Gasteiger partial charge < -0.3 is 14.6 Å². The van der Waals surface area contributed by atoms with E-state index < -0.39 is 0 Å². The van der Waals surface area contributed by atoms with Crippen LogP contribution in [0.15, 0.2) is 36.4 Å². The van der Waals surface area contributed by atoms with Gasteiger partial charge in [0, 0.05) is 43.6 Å². The first kappa shape index (κ1) is 22.7. The molecule has 1 aliphatic heterocycles. The zero-order valence-electron chi connectivity index (χ0n) is 20.7. The van der Waals surface area contributed by atoms with Crippen LogP contribution in [0.1, 0.15) is 56.1 Å². The molecule has 5 nitrogen and oxygen atoms in total. The fraction of sp³-hybridized carbons (Fsp3) is 0.607. The van der Waals surface area contributed by atoms with Crippen LogP contribution in [-0.4, -0.2) is 54.3 Å². The van der Waals surface area contributed by atoms with E-state index in [9.17, 15) is 4.79 Å². The summed E-state index contributed by atoms with van der Waals surface area (Å²) in [7, 11) is 0. The van der Waals surface area contributed by atoms with Gasteiger partial charge in [-0.25, -0.2) is 0 Å². The second kappa shape index (κ2) is 8.59. The minimum absolute atomic E-state index is 0.0849. The average molecular weight is 450 g/mol. The van der Waals surface area contributed by atoms with Gasteiger partial charge in [0.05, 0.1) is 18.8 Å². The van der Waals surface area contributed by atoms with Crippen LogP contribution in [0.25, 0.3) is 11.3 Å². The number of fused-ring (bicyclic) bond motifs is 2. The highest BCUT2D eigenvalue weighted by molar-refractivity contribution is 5.97. The molecule has 178 valence electrons. The molecule has 1 aromatic carbocycles. The number of amides is 1. The number of aromatic nitrogens is 1. The van der Waals surface area contributed by atoms with Gasteiger partial charge in [-0.2, -0.15) is 0 Å². The SMILES string of the molecule is Cc1c(C(=O)NC2C(C)(C)[C@H]3CC[C@@]2(C)C3)cc(-c2ccccc2)n1CCN1CCOCC1. The lowest BCUT2D eigenvalue weighted by atomic mass is 9.68. The molecule has 1 saturated heterocycles. The van der Waals surface area contributed by atoms with E-state index in [1.54, 1.807) is 0 Å². The fourth-order valence-corrected chi connectivity index (χ4v) is 6.95. The Morgan fingerprint density at radius 1 is 1.12 bits per heavy atom. The van der Waals surface area contributed by atoms with Crippen LogP contribution in [0.4, 0.5) is 0 Å². The molecule has 5 rings (SSSR count). The molecule has 0 spiro atoms. The van der Waals surface area contributed by atoms with E-state index in [1.165, 1.54) is 19.3 Å². The molecule has 2 bridgehead atoms. The van der Waals surface area contributed by atoms with Gasteiger partial charge in [0.2, 0.25) is 0 Å². The molecule has 1 aromatic heterocycles. The lowest BCUT2D eigenvalue weighted by Crippen LogP contribution is -2.52. The van der Waals surface area contributed by atoms with Crippen LogP contribution >= 0.6 is 0 Å². The highest BCUT2D eigenvalue weighted by Crippen LogP contribution is 2.62. The van der Waals surface area contributed by atoms with E-state index in [0.29, 0.717) is 5.92 Å². The van der Waals surface area contributed by atoms with Gasteiger partial charge in [-0.3, -0.25) is 9.69 Å². The van der Waals surface area contributed by atoms with Crippen molar-refractivity contribution in [2.24, 2.45) is 16.7 Å². The Balaban J connectivity index is 1.42. The van der Waals surface area contributed by atoms with Gasteiger partial charge >= 0.3 is 0 Å². The van der Waals surface area contributed by atoms with Crippen molar-refractivity contribution in [2.45, 2.75) is 59.5 Å². The number of benzene rings is 1. The van der Waals surface area contributed by atoms with Crippen molar-refractivity contribution in [1.82, 2.24) is 14.8 Å². The van der Waals surface area contributed by atoms with Crippen molar-refractivity contribution in [3.05, 3.63) is 47.7 Å². The van der Waals surface area contributed by atoms with Crippen molar-refractivity contribution in [2.75, 3.05) is 32.8 Å². The Hall–Kier alpha value is -2.11. The predicted octanol–water partition coefficient (Wildman–Crippen LogP) is 4.74. The molecule has 3 fully saturated rings. The lowest BCUT2D eigenvalue weighted by molar-refractivity contribution is 0.0364. The summed E-state index contributed by atoms with van der Waals surface area (Å²) < 4.78 is 7.85. The van der Waals surface area contributed by atoms with Gasteiger partial charge in [-0.15, -0.1) is 0 Å². The quantitative estimate of drug-likeness (QED) is 0.693. The van der Waals surface area contributed by atoms with Crippen molar-refractivity contribution in [3.8, 4) is 11.3 Å². The molecule has 1 N–H and O–H groups in total. The number of hydrogen-bond acceptors (Lipinski definition) is 3. The first-order valence-corrected chi connectivity index (χ1v) is 12.7. The van der Waals surface area contributed by atoms with E-state index in [1.807, 2.05) is 6.07 Å². The summed E-state index contributed by atoms with van der Waals surface area (Å²) >= 11 is 0. The molecule has 1 unspecified atom stereocenters. The van der Waals surface area contributed by atoms with Crippen molar-refractivity contribution in [3.63, 3.8) is 0 Å². The maximum atomic E-state index is 13.7. The maximum absolute atomic E-state index is 13.7. The fourth-order valence-electron chi connectivity index (χ4n) is 6.95. The van der Waals surface area contributed by atoms with Crippen LogP contribution < -0.4 is 5.32 Å². The predicted molar refractivity (Wildman–Crippen MR) is 132 cm³/mol. The van der Waals surface area contributed by atoms with Crippen molar-refractivity contribution >= 4 is 5.91 Å². The van der Waals surface area contributed by atoms with E-state index in [0.717, 1.165) is 61.9 Å². The van der Waals surface area contributed by atoms with E-state index in [-0.39, 0.29) is 22.8 Å². The monoisotopic (exact) mass is 449 g/mol. The molecule has 3 aliphatic rings. The van der Waals surface area contributed by atoms with Gasteiger partial charge in [0.25, 0.3) is 5.91 Å². The first-order chi connectivity index (χ1) is 15.8. The number of rotatable bonds is 6. The van der Waals surface area contributed by atoms with Gasteiger partial charge in [-0.05, 0) is 54.6 Å². The molecule has 2 heterocycles. The minimum atomic E-state index is 0.0849. The Kier molecular flexibility index (Phi) is 5.90. The highest BCUT2D eigenvalue weighted by Gasteiger charge is 2.59. The molecular weight excluding hydrogens is 410 g/mol. The van der Waals surface area contributed by atoms with E-state index >= 15 is 0 Å². The Morgan fingerprint density at radius 3 is 2.52 bits per heavy atom. The van der Waals surface area contributed by atoms with Crippen LogP contribution in [0.5, 0.6) is 0 Å². The van der Waals surface area contributed by atoms with E-state index in [2.05, 4.69) is 72.8 Å². The number of morpholine rings is 1. The topological polar surface area (TPSA) is 46.5 Å². The third-order valence-electron chi connectivity index (χ3n) is 8.97. The van der Waals surface area contributed by atoms with Gasteiger partial charge in [0.1, 0.15) is 0 Å². The normalized spacial score (nSPS) is 28.8. The molecule has 2 saturated carbocycles. The molecule has 0 radical (unpaired) electrons. The number of nitrogens with one attached hydrogen (secondary N) is 1. The summed E-state index contributed by atoms with van der Waals surface area (Å²) in [5.74, 6) is 0.800. The zero-order chi connectivity index (χ0) is 23.2. The molecule has 2 aromatic rings. The Labute approximate surface area is 198 Å². The summed E-state index contributed by atoms with van der Waals surface area (Å²) in [5.41, 5.74) is 4.54. The number of carbonyl (C=O) groups excluding carboxylic acids is 1. The largest absolute Gasteiger partial charge is 0.379 e. The molecule has 1 amide bonds.